The molecule has 0 spiro atoms. The van der Waals surface area contributed by atoms with Crippen molar-refractivity contribution >= 4 is 5.69 Å². The fourth-order valence-electron chi connectivity index (χ4n) is 1.77. The summed E-state index contributed by atoms with van der Waals surface area (Å²) in [6.07, 6.45) is 0. The van der Waals surface area contributed by atoms with Gasteiger partial charge >= 0.3 is 5.69 Å². The maximum Gasteiger partial charge on any atom is 0.326 e. The lowest BCUT2D eigenvalue weighted by Gasteiger charge is -1.94. The molecule has 22 heavy (non-hydrogen) atoms. The Labute approximate surface area is 120 Å². The number of aromatic amines is 2. The van der Waals surface area contributed by atoms with E-state index >= 15 is 0 Å². The van der Waals surface area contributed by atoms with Gasteiger partial charge in [-0.05, 0) is 12.1 Å². The molecule has 0 unspecified atom stereocenters. The average Bonchev–Trinajstić information content (AvgIpc) is 2.96. The second-order valence-corrected chi connectivity index (χ2v) is 4.23. The SMILES string of the molecule is O=c1cc(-c2nc(-c3ccc([N+](=O)[O-])cc3)no2)[nH]c(=O)[nH]1. The van der Waals surface area contributed by atoms with Gasteiger partial charge in [0.15, 0.2) is 0 Å². The summed E-state index contributed by atoms with van der Waals surface area (Å²) in [5.74, 6) is 0.127. The number of H-pyrrole nitrogens is 2. The number of nitrogens with one attached hydrogen (secondary N) is 2. The van der Waals surface area contributed by atoms with Gasteiger partial charge in [-0.25, -0.2) is 4.79 Å². The van der Waals surface area contributed by atoms with Crippen molar-refractivity contribution in [3.63, 3.8) is 0 Å². The van der Waals surface area contributed by atoms with Crippen molar-refractivity contribution in [1.29, 1.82) is 0 Å². The van der Waals surface area contributed by atoms with E-state index in [0.717, 1.165) is 6.07 Å². The summed E-state index contributed by atoms with van der Waals surface area (Å²) in [7, 11) is 0. The summed E-state index contributed by atoms with van der Waals surface area (Å²) in [6.45, 7) is 0. The highest BCUT2D eigenvalue weighted by atomic mass is 16.6. The summed E-state index contributed by atoms with van der Waals surface area (Å²) >= 11 is 0. The molecule has 0 radical (unpaired) electrons. The Morgan fingerprint density at radius 1 is 1.14 bits per heavy atom. The van der Waals surface area contributed by atoms with Gasteiger partial charge < -0.3 is 9.51 Å². The fraction of sp³-hybridized carbons (Fsp3) is 0. The summed E-state index contributed by atoms with van der Waals surface area (Å²) < 4.78 is 4.97. The van der Waals surface area contributed by atoms with Crippen molar-refractivity contribution < 1.29 is 9.45 Å². The van der Waals surface area contributed by atoms with Gasteiger partial charge in [-0.1, -0.05) is 5.16 Å². The van der Waals surface area contributed by atoms with Crippen LogP contribution in [-0.2, 0) is 0 Å². The second kappa shape index (κ2) is 5.09. The van der Waals surface area contributed by atoms with Crippen molar-refractivity contribution in [2.24, 2.45) is 0 Å². The monoisotopic (exact) mass is 301 g/mol. The largest absolute Gasteiger partial charge is 0.332 e. The van der Waals surface area contributed by atoms with Crippen LogP contribution in [0.15, 0.2) is 44.4 Å². The van der Waals surface area contributed by atoms with Gasteiger partial charge in [-0.15, -0.1) is 0 Å². The van der Waals surface area contributed by atoms with Gasteiger partial charge in [0.05, 0.1) is 4.92 Å². The highest BCUT2D eigenvalue weighted by molar-refractivity contribution is 5.59. The van der Waals surface area contributed by atoms with Gasteiger partial charge in [-0.3, -0.25) is 19.9 Å². The van der Waals surface area contributed by atoms with Crippen molar-refractivity contribution in [1.82, 2.24) is 20.1 Å². The van der Waals surface area contributed by atoms with Crippen molar-refractivity contribution in [3.8, 4) is 23.0 Å². The number of non-ortho nitro benzene ring substituents is 1. The summed E-state index contributed by atoms with van der Waals surface area (Å²) in [6, 6.07) is 6.65. The smallest absolute Gasteiger partial charge is 0.326 e. The first kappa shape index (κ1) is 13.4. The molecular formula is C12H7N5O5. The van der Waals surface area contributed by atoms with Crippen LogP contribution in [0, 0.1) is 10.1 Å². The molecule has 0 saturated carbocycles. The number of nitro benzene ring substituents is 1. The minimum atomic E-state index is -0.697. The lowest BCUT2D eigenvalue weighted by atomic mass is 10.2. The molecule has 2 heterocycles. The first-order valence-corrected chi connectivity index (χ1v) is 5.95. The third kappa shape index (κ3) is 2.52. The number of aromatic nitrogens is 4. The maximum atomic E-state index is 11.2. The predicted octanol–water partition coefficient (Wildman–Crippen LogP) is 0.688. The Hall–Kier alpha value is -3.56. The molecule has 0 amide bonds. The van der Waals surface area contributed by atoms with Gasteiger partial charge in [0.25, 0.3) is 17.1 Å². The zero-order chi connectivity index (χ0) is 15.7. The highest BCUT2D eigenvalue weighted by Crippen LogP contribution is 2.22. The van der Waals surface area contributed by atoms with Gasteiger partial charge in [0.2, 0.25) is 5.82 Å². The van der Waals surface area contributed by atoms with Crippen LogP contribution >= 0.6 is 0 Å². The number of nitro groups is 1. The molecule has 0 atom stereocenters. The van der Waals surface area contributed by atoms with Crippen LogP contribution in [0.2, 0.25) is 0 Å². The molecule has 110 valence electrons. The molecule has 2 N–H and O–H groups in total. The molecule has 10 heteroatoms. The second-order valence-electron chi connectivity index (χ2n) is 4.23. The van der Waals surface area contributed by atoms with Crippen LogP contribution in [0.3, 0.4) is 0 Å². The fourth-order valence-corrected chi connectivity index (χ4v) is 1.77. The van der Waals surface area contributed by atoms with Crippen LogP contribution in [0.4, 0.5) is 5.69 Å². The molecule has 0 bridgehead atoms. The van der Waals surface area contributed by atoms with Crippen LogP contribution in [0.5, 0.6) is 0 Å². The molecule has 3 aromatic rings. The van der Waals surface area contributed by atoms with E-state index in [-0.39, 0.29) is 23.1 Å². The van der Waals surface area contributed by atoms with Crippen molar-refractivity contribution in [3.05, 3.63) is 61.3 Å². The minimum Gasteiger partial charge on any atom is -0.332 e. The zero-order valence-corrected chi connectivity index (χ0v) is 10.8. The number of benzene rings is 1. The first-order chi connectivity index (χ1) is 10.5. The van der Waals surface area contributed by atoms with Gasteiger partial charge in [0, 0.05) is 23.8 Å². The quantitative estimate of drug-likeness (QED) is 0.534. The molecule has 0 aliphatic carbocycles. The van der Waals surface area contributed by atoms with Crippen LogP contribution in [0.1, 0.15) is 0 Å². The summed E-state index contributed by atoms with van der Waals surface area (Å²) in [5.41, 5.74) is -0.792. The Morgan fingerprint density at radius 2 is 1.86 bits per heavy atom. The molecule has 3 rings (SSSR count). The molecular weight excluding hydrogens is 294 g/mol. The number of rotatable bonds is 3. The number of hydrogen-bond acceptors (Lipinski definition) is 7. The molecule has 10 nitrogen and oxygen atoms in total. The van der Waals surface area contributed by atoms with Crippen molar-refractivity contribution in [2.45, 2.75) is 0 Å². The Balaban J connectivity index is 1.98. The molecule has 0 saturated heterocycles. The average molecular weight is 301 g/mol. The number of nitrogens with zero attached hydrogens (tertiary/aromatic N) is 3. The molecule has 0 aliphatic heterocycles. The lowest BCUT2D eigenvalue weighted by Crippen LogP contribution is -2.21. The molecule has 2 aromatic heterocycles. The van der Waals surface area contributed by atoms with Crippen LogP contribution < -0.4 is 11.2 Å². The zero-order valence-electron chi connectivity index (χ0n) is 10.8. The predicted molar refractivity (Wildman–Crippen MR) is 73.1 cm³/mol. The van der Waals surface area contributed by atoms with E-state index < -0.39 is 16.2 Å². The van der Waals surface area contributed by atoms with E-state index in [4.69, 9.17) is 4.52 Å². The first-order valence-electron chi connectivity index (χ1n) is 5.95. The third-order valence-corrected chi connectivity index (χ3v) is 2.75. The Morgan fingerprint density at radius 3 is 2.50 bits per heavy atom. The standard InChI is InChI=1S/C12H7N5O5/c18-9-5-8(13-12(19)14-9)11-15-10(16-22-11)6-1-3-7(4-2-6)17(20)21/h1-5H,(H2,13,14,18,19). The Kier molecular flexibility index (Phi) is 3.10. The lowest BCUT2D eigenvalue weighted by molar-refractivity contribution is -0.384. The molecule has 1 aromatic carbocycles. The highest BCUT2D eigenvalue weighted by Gasteiger charge is 2.13. The van der Waals surface area contributed by atoms with Crippen LogP contribution in [0.25, 0.3) is 23.0 Å². The van der Waals surface area contributed by atoms with E-state index in [1.165, 1.54) is 24.3 Å². The van der Waals surface area contributed by atoms with E-state index in [9.17, 15) is 19.7 Å². The van der Waals surface area contributed by atoms with E-state index in [0.29, 0.717) is 5.56 Å². The van der Waals surface area contributed by atoms with E-state index in [1.54, 1.807) is 0 Å². The summed E-state index contributed by atoms with van der Waals surface area (Å²) in [5, 5.41) is 14.3. The minimum absolute atomic E-state index is 0.0449. The molecule has 0 fully saturated rings. The van der Waals surface area contributed by atoms with Crippen molar-refractivity contribution in [2.75, 3.05) is 0 Å². The maximum absolute atomic E-state index is 11.2. The third-order valence-electron chi connectivity index (χ3n) is 2.75. The van der Waals surface area contributed by atoms with Gasteiger partial charge in [0.1, 0.15) is 5.69 Å². The normalized spacial score (nSPS) is 10.5. The Bertz CT molecular complexity index is 925. The summed E-state index contributed by atoms with van der Waals surface area (Å²) in [4.78, 5) is 40.9. The molecule has 0 aliphatic rings. The number of hydrogen-bond donors (Lipinski definition) is 2. The van der Waals surface area contributed by atoms with Crippen LogP contribution in [-0.4, -0.2) is 25.0 Å². The topological polar surface area (TPSA) is 148 Å². The van der Waals surface area contributed by atoms with E-state index in [2.05, 4.69) is 15.1 Å². The van der Waals surface area contributed by atoms with E-state index in [1.807, 2.05) is 4.98 Å². The van der Waals surface area contributed by atoms with Gasteiger partial charge in [-0.2, -0.15) is 4.98 Å².